The summed E-state index contributed by atoms with van der Waals surface area (Å²) in [6.07, 6.45) is 3.85. The maximum atomic E-state index is 7.88. The zero-order chi connectivity index (χ0) is 10.4. The van der Waals surface area contributed by atoms with Crippen LogP contribution >= 0.6 is 0 Å². The highest BCUT2D eigenvalue weighted by Gasteiger charge is 1.72. The monoisotopic (exact) mass is 172 g/mol. The predicted molar refractivity (Wildman–Crippen MR) is 45.4 cm³/mol. The van der Waals surface area contributed by atoms with Crippen molar-refractivity contribution in [1.29, 1.82) is 21.0 Å². The van der Waals surface area contributed by atoms with Crippen LogP contribution in [-0.4, -0.2) is 0 Å². The Morgan fingerprint density at radius 3 is 1.69 bits per heavy atom. The molecule has 0 aromatic carbocycles. The van der Waals surface area contributed by atoms with E-state index >= 15 is 0 Å². The predicted octanol–water partition coefficient (Wildman–Crippen LogP) is 1.79. The third-order valence-electron chi connectivity index (χ3n) is 0.750. The average molecular weight is 172 g/mol. The summed E-state index contributed by atoms with van der Waals surface area (Å²) in [5.74, 6) is 0. The molecule has 0 rings (SSSR count). The van der Waals surface area contributed by atoms with Gasteiger partial charge in [-0.25, -0.2) is 0 Å². The molecule has 64 valence electrons. The minimum absolute atomic E-state index is 0.327. The van der Waals surface area contributed by atoms with Gasteiger partial charge in [0.15, 0.2) is 0 Å². The van der Waals surface area contributed by atoms with Gasteiger partial charge < -0.3 is 0 Å². The molecule has 0 saturated heterocycles. The summed E-state index contributed by atoms with van der Waals surface area (Å²) in [4.78, 5) is 0. The van der Waals surface area contributed by atoms with Crippen LogP contribution in [0, 0.1) is 45.3 Å². The molecular weight excluding hydrogens is 164 g/mol. The summed E-state index contributed by atoms with van der Waals surface area (Å²) in [6, 6.07) is 7.33. The van der Waals surface area contributed by atoms with Gasteiger partial charge in [-0.1, -0.05) is 6.08 Å². The molecule has 0 heterocycles. The summed E-state index contributed by atoms with van der Waals surface area (Å²) in [7, 11) is 0. The highest BCUT2D eigenvalue weighted by molar-refractivity contribution is 5.04. The van der Waals surface area contributed by atoms with Gasteiger partial charge in [-0.05, 0) is 0 Å². The van der Waals surface area contributed by atoms with E-state index in [0.29, 0.717) is 19.3 Å². The van der Waals surface area contributed by atoms with Crippen molar-refractivity contribution in [2.24, 2.45) is 0 Å². The third-order valence-corrected chi connectivity index (χ3v) is 0.750. The van der Waals surface area contributed by atoms with E-state index in [1.165, 1.54) is 12.2 Å². The fourth-order valence-electron chi connectivity index (χ4n) is 0.276. The second-order valence-corrected chi connectivity index (χ2v) is 1.71. The molecule has 0 fully saturated rings. The van der Waals surface area contributed by atoms with Gasteiger partial charge in [0.2, 0.25) is 0 Å². The summed E-state index contributed by atoms with van der Waals surface area (Å²) in [5, 5.41) is 31.3. The minimum atomic E-state index is 0.327. The molecule has 0 aliphatic rings. The van der Waals surface area contributed by atoms with E-state index in [0.717, 1.165) is 0 Å². The smallest absolute Gasteiger partial charge is 0.0909 e. The molecule has 0 atom stereocenters. The summed E-state index contributed by atoms with van der Waals surface area (Å²) < 4.78 is 0. The fraction of sp³-hybridized carbons (Fsp3) is 0.333. The SMILES string of the molecule is N#CC=CCC#N.N#CCCC#N. The first-order valence-corrected chi connectivity index (χ1v) is 3.49. The molecule has 0 aromatic heterocycles. The zero-order valence-electron chi connectivity index (χ0n) is 7.06. The fourth-order valence-corrected chi connectivity index (χ4v) is 0.276. The maximum Gasteiger partial charge on any atom is 0.0909 e. The Hall–Kier alpha value is -2.30. The second kappa shape index (κ2) is 16.4. The zero-order valence-corrected chi connectivity index (χ0v) is 7.06. The van der Waals surface area contributed by atoms with Gasteiger partial charge in [0, 0.05) is 18.9 Å². The van der Waals surface area contributed by atoms with Crippen LogP contribution in [0.15, 0.2) is 12.2 Å². The molecule has 0 radical (unpaired) electrons. The van der Waals surface area contributed by atoms with Crippen molar-refractivity contribution in [3.8, 4) is 24.3 Å². The molecule has 0 N–H and O–H groups in total. The van der Waals surface area contributed by atoms with Gasteiger partial charge in [-0.2, -0.15) is 21.0 Å². The summed E-state index contributed by atoms with van der Waals surface area (Å²) in [6.45, 7) is 0. The maximum absolute atomic E-state index is 7.88. The topological polar surface area (TPSA) is 95.2 Å². The van der Waals surface area contributed by atoms with Crippen molar-refractivity contribution < 1.29 is 0 Å². The van der Waals surface area contributed by atoms with E-state index in [9.17, 15) is 0 Å². The Labute approximate surface area is 77.5 Å². The third kappa shape index (κ3) is 26.0. The van der Waals surface area contributed by atoms with Crippen molar-refractivity contribution >= 4 is 0 Å². The van der Waals surface area contributed by atoms with Crippen molar-refractivity contribution in [3.05, 3.63) is 12.2 Å². The van der Waals surface area contributed by atoms with E-state index < -0.39 is 0 Å². The standard InChI is InChI=1S/C5H4N2.C4H4N2/c6-4-2-1-3-5-7;5-3-1-2-4-6/h1-2H,3H2;1-2H2. The first-order chi connectivity index (χ1) is 6.33. The molecule has 0 unspecified atom stereocenters. The number of nitrogens with zero attached hydrogens (tertiary/aromatic N) is 4. The van der Waals surface area contributed by atoms with Gasteiger partial charge in [0.25, 0.3) is 0 Å². The quantitative estimate of drug-likeness (QED) is 0.468. The van der Waals surface area contributed by atoms with Crippen molar-refractivity contribution in [2.45, 2.75) is 19.3 Å². The molecule has 0 amide bonds. The molecule has 0 bridgehead atoms. The molecule has 0 aliphatic carbocycles. The highest BCUT2D eigenvalue weighted by Crippen LogP contribution is 1.78. The lowest BCUT2D eigenvalue weighted by molar-refractivity contribution is 1.07. The van der Waals surface area contributed by atoms with Gasteiger partial charge in [0.1, 0.15) is 0 Å². The number of rotatable bonds is 2. The van der Waals surface area contributed by atoms with E-state index in [2.05, 4.69) is 0 Å². The first kappa shape index (κ1) is 13.3. The molecule has 0 spiro atoms. The largest absolute Gasteiger partial charge is 0.198 e. The normalized spacial score (nSPS) is 6.77. The van der Waals surface area contributed by atoms with Crippen LogP contribution in [0.25, 0.3) is 0 Å². The number of hydrogen-bond acceptors (Lipinski definition) is 4. The number of allylic oxidation sites excluding steroid dienone is 2. The van der Waals surface area contributed by atoms with Crippen LogP contribution in [0.4, 0.5) is 0 Å². The first-order valence-electron chi connectivity index (χ1n) is 3.49. The lowest BCUT2D eigenvalue weighted by atomic mass is 10.4. The van der Waals surface area contributed by atoms with Gasteiger partial charge in [-0.15, -0.1) is 0 Å². The Bertz CT molecular complexity index is 276. The van der Waals surface area contributed by atoms with Crippen LogP contribution in [0.5, 0.6) is 0 Å². The van der Waals surface area contributed by atoms with Crippen LogP contribution in [-0.2, 0) is 0 Å². The lowest BCUT2D eigenvalue weighted by Gasteiger charge is -1.63. The van der Waals surface area contributed by atoms with E-state index in [1.807, 2.05) is 18.2 Å². The Morgan fingerprint density at radius 1 is 0.846 bits per heavy atom. The molecule has 0 aromatic rings. The minimum Gasteiger partial charge on any atom is -0.198 e. The number of unbranched alkanes of at least 4 members (excludes halogenated alkanes) is 1. The molecular formula is C9H8N4. The van der Waals surface area contributed by atoms with Crippen molar-refractivity contribution in [1.82, 2.24) is 0 Å². The van der Waals surface area contributed by atoms with Gasteiger partial charge in [0.05, 0.1) is 30.7 Å². The Kier molecular flexibility index (Phi) is 16.7. The van der Waals surface area contributed by atoms with Crippen LogP contribution in [0.2, 0.25) is 0 Å². The lowest BCUT2D eigenvalue weighted by Crippen LogP contribution is -1.58. The molecule has 4 nitrogen and oxygen atoms in total. The summed E-state index contributed by atoms with van der Waals surface area (Å²) in [5.41, 5.74) is 0. The van der Waals surface area contributed by atoms with Crippen molar-refractivity contribution in [3.63, 3.8) is 0 Å². The summed E-state index contributed by atoms with van der Waals surface area (Å²) >= 11 is 0. The second-order valence-electron chi connectivity index (χ2n) is 1.71. The Morgan fingerprint density at radius 2 is 1.38 bits per heavy atom. The van der Waals surface area contributed by atoms with Crippen LogP contribution in [0.3, 0.4) is 0 Å². The van der Waals surface area contributed by atoms with E-state index in [-0.39, 0.29) is 0 Å². The number of hydrogen-bond donors (Lipinski definition) is 0. The van der Waals surface area contributed by atoms with Gasteiger partial charge >= 0.3 is 0 Å². The molecule has 0 saturated carbocycles. The van der Waals surface area contributed by atoms with Crippen LogP contribution in [0.1, 0.15) is 19.3 Å². The van der Waals surface area contributed by atoms with Gasteiger partial charge in [-0.3, -0.25) is 0 Å². The van der Waals surface area contributed by atoms with E-state index in [4.69, 9.17) is 21.0 Å². The average Bonchev–Trinajstić information content (AvgIpc) is 2.17. The molecule has 13 heavy (non-hydrogen) atoms. The molecule has 0 aliphatic heterocycles. The van der Waals surface area contributed by atoms with Crippen molar-refractivity contribution in [2.75, 3.05) is 0 Å². The molecule has 4 heteroatoms. The number of nitriles is 4. The van der Waals surface area contributed by atoms with Crippen LogP contribution < -0.4 is 0 Å². The highest BCUT2D eigenvalue weighted by atomic mass is 14.2. The Balaban J connectivity index is 0. The van der Waals surface area contributed by atoms with E-state index in [1.54, 1.807) is 6.07 Å².